The lowest BCUT2D eigenvalue weighted by molar-refractivity contribution is -0.133. The highest BCUT2D eigenvalue weighted by molar-refractivity contribution is 5.76. The maximum Gasteiger partial charge on any atom is 0.223 e. The molecule has 0 radical (unpaired) electrons. The van der Waals surface area contributed by atoms with Crippen molar-refractivity contribution < 1.29 is 9.53 Å². The molecule has 170 valence electrons. The molecule has 1 amide bonds. The van der Waals surface area contributed by atoms with Crippen LogP contribution in [0.25, 0.3) is 0 Å². The van der Waals surface area contributed by atoms with Crippen molar-refractivity contribution in [2.75, 3.05) is 39.4 Å². The van der Waals surface area contributed by atoms with Gasteiger partial charge in [0, 0.05) is 51.5 Å². The fourth-order valence-electron chi connectivity index (χ4n) is 4.29. The topological polar surface area (TPSA) is 50.6 Å². The van der Waals surface area contributed by atoms with Crippen molar-refractivity contribution in [3.05, 3.63) is 52.6 Å². The van der Waals surface area contributed by atoms with Crippen LogP contribution in [0, 0.1) is 26.7 Å². The Morgan fingerprint density at radius 2 is 1.84 bits per heavy atom. The first-order valence-electron chi connectivity index (χ1n) is 11.5. The van der Waals surface area contributed by atoms with Gasteiger partial charge in [-0.3, -0.25) is 9.69 Å². The Hall–Kier alpha value is -2.18. The molecule has 3 rings (SSSR count). The number of benzene rings is 1. The Morgan fingerprint density at radius 3 is 2.48 bits per heavy atom. The fraction of sp³-hybridized carbons (Fsp3) is 0.600. The lowest BCUT2D eigenvalue weighted by atomic mass is 10.00. The first-order chi connectivity index (χ1) is 14.8. The van der Waals surface area contributed by atoms with Gasteiger partial charge < -0.3 is 14.2 Å². The number of amides is 1. The van der Waals surface area contributed by atoms with Gasteiger partial charge in [-0.2, -0.15) is 0 Å². The predicted octanol–water partition coefficient (Wildman–Crippen LogP) is 3.56. The maximum absolute atomic E-state index is 13.0. The Bertz CT molecular complexity index is 845. The van der Waals surface area contributed by atoms with Gasteiger partial charge in [-0.05, 0) is 43.4 Å². The highest BCUT2D eigenvalue weighted by Crippen LogP contribution is 2.19. The number of ether oxygens (including phenoxy) is 1. The van der Waals surface area contributed by atoms with E-state index in [-0.39, 0.29) is 5.91 Å². The van der Waals surface area contributed by atoms with Crippen LogP contribution in [0.2, 0.25) is 0 Å². The fourth-order valence-corrected chi connectivity index (χ4v) is 4.29. The third kappa shape index (κ3) is 6.65. The largest absolute Gasteiger partial charge is 0.379 e. The molecule has 31 heavy (non-hydrogen) atoms. The first-order valence-corrected chi connectivity index (χ1v) is 11.5. The van der Waals surface area contributed by atoms with Crippen molar-refractivity contribution in [2.45, 2.75) is 54.1 Å². The number of imidazole rings is 1. The minimum atomic E-state index is 0.209. The summed E-state index contributed by atoms with van der Waals surface area (Å²) in [6, 6.07) is 4.47. The van der Waals surface area contributed by atoms with Gasteiger partial charge in [0.15, 0.2) is 0 Å². The zero-order chi connectivity index (χ0) is 22.4. The second-order valence-corrected chi connectivity index (χ2v) is 9.22. The van der Waals surface area contributed by atoms with Crippen LogP contribution in [0.15, 0.2) is 24.5 Å². The number of rotatable bonds is 9. The van der Waals surface area contributed by atoms with Crippen LogP contribution < -0.4 is 0 Å². The molecular formula is C25H38N4O2. The molecule has 0 bridgehead atoms. The lowest BCUT2D eigenvalue weighted by Gasteiger charge is -2.30. The van der Waals surface area contributed by atoms with Crippen molar-refractivity contribution in [1.29, 1.82) is 0 Å². The third-order valence-corrected chi connectivity index (χ3v) is 6.03. The summed E-state index contributed by atoms with van der Waals surface area (Å²) >= 11 is 0. The van der Waals surface area contributed by atoms with Crippen LogP contribution in [0.5, 0.6) is 0 Å². The third-order valence-electron chi connectivity index (χ3n) is 6.03. The van der Waals surface area contributed by atoms with Crippen molar-refractivity contribution >= 4 is 5.91 Å². The van der Waals surface area contributed by atoms with Crippen LogP contribution in [0.3, 0.4) is 0 Å². The van der Waals surface area contributed by atoms with E-state index in [1.54, 1.807) is 0 Å². The Balaban J connectivity index is 1.73. The van der Waals surface area contributed by atoms with Crippen molar-refractivity contribution in [3.63, 3.8) is 0 Å². The summed E-state index contributed by atoms with van der Waals surface area (Å²) in [4.78, 5) is 22.0. The molecule has 1 saturated heterocycles. The van der Waals surface area contributed by atoms with Gasteiger partial charge in [0.05, 0.1) is 19.8 Å². The summed E-state index contributed by atoms with van der Waals surface area (Å²) < 4.78 is 7.64. The Labute approximate surface area is 187 Å². The second-order valence-electron chi connectivity index (χ2n) is 9.22. The Kier molecular flexibility index (Phi) is 8.27. The van der Waals surface area contributed by atoms with Gasteiger partial charge in [-0.1, -0.05) is 31.5 Å². The molecule has 6 nitrogen and oxygen atoms in total. The average molecular weight is 427 g/mol. The van der Waals surface area contributed by atoms with E-state index in [9.17, 15) is 4.79 Å². The molecule has 1 aliphatic heterocycles. The molecule has 1 aromatic heterocycles. The summed E-state index contributed by atoms with van der Waals surface area (Å²) in [6.07, 6.45) is 4.45. The molecule has 2 heterocycles. The van der Waals surface area contributed by atoms with E-state index >= 15 is 0 Å². The minimum absolute atomic E-state index is 0.209. The standard InChI is InChI=1S/C25H38N4O2/c1-19(2)14-25(30)29(9-8-27-10-12-31-13-11-27)18-24-26-6-7-28(24)17-23-21(4)15-20(3)16-22(23)5/h6-7,15-16,19H,8-14,17-18H2,1-5H3. The molecule has 1 aliphatic rings. The number of hydrogen-bond donors (Lipinski definition) is 0. The van der Waals surface area contributed by atoms with E-state index in [2.05, 4.69) is 61.2 Å². The molecule has 0 saturated carbocycles. The smallest absolute Gasteiger partial charge is 0.223 e. The SMILES string of the molecule is Cc1cc(C)c(Cn2ccnc2CN(CCN2CCOCC2)C(=O)CC(C)C)c(C)c1. The normalized spacial score (nSPS) is 14.9. The maximum atomic E-state index is 13.0. The van der Waals surface area contributed by atoms with Gasteiger partial charge >= 0.3 is 0 Å². The molecule has 1 fully saturated rings. The molecule has 0 spiro atoms. The van der Waals surface area contributed by atoms with Crippen molar-refractivity contribution in [2.24, 2.45) is 5.92 Å². The highest BCUT2D eigenvalue weighted by atomic mass is 16.5. The summed E-state index contributed by atoms with van der Waals surface area (Å²) in [5.41, 5.74) is 5.23. The van der Waals surface area contributed by atoms with Crippen molar-refractivity contribution in [1.82, 2.24) is 19.4 Å². The summed E-state index contributed by atoms with van der Waals surface area (Å²) in [6.45, 7) is 17.0. The first kappa shape index (κ1) is 23.5. The van der Waals surface area contributed by atoms with Crippen molar-refractivity contribution in [3.8, 4) is 0 Å². The number of carbonyl (C=O) groups is 1. The van der Waals surface area contributed by atoms with Crippen LogP contribution >= 0.6 is 0 Å². The monoisotopic (exact) mass is 426 g/mol. The van der Waals surface area contributed by atoms with E-state index in [4.69, 9.17) is 4.74 Å². The summed E-state index contributed by atoms with van der Waals surface area (Å²) in [5.74, 6) is 1.50. The molecule has 0 aliphatic carbocycles. The number of morpholine rings is 1. The highest BCUT2D eigenvalue weighted by Gasteiger charge is 2.20. The van der Waals surface area contributed by atoms with Gasteiger partial charge in [0.1, 0.15) is 5.82 Å². The zero-order valence-electron chi connectivity index (χ0n) is 19.9. The number of hydrogen-bond acceptors (Lipinski definition) is 4. The van der Waals surface area contributed by atoms with E-state index in [1.165, 1.54) is 22.3 Å². The quantitative estimate of drug-likeness (QED) is 0.615. The van der Waals surface area contributed by atoms with E-state index in [0.29, 0.717) is 18.9 Å². The number of aryl methyl sites for hydroxylation is 3. The molecule has 1 aromatic carbocycles. The Morgan fingerprint density at radius 1 is 1.16 bits per heavy atom. The zero-order valence-corrected chi connectivity index (χ0v) is 19.9. The molecule has 2 aromatic rings. The number of nitrogens with zero attached hydrogens (tertiary/aromatic N) is 4. The predicted molar refractivity (Wildman–Crippen MR) is 124 cm³/mol. The molecule has 0 N–H and O–H groups in total. The van der Waals surface area contributed by atoms with Gasteiger partial charge in [-0.25, -0.2) is 4.98 Å². The van der Waals surface area contributed by atoms with Gasteiger partial charge in [-0.15, -0.1) is 0 Å². The molecule has 0 atom stereocenters. The van der Waals surface area contributed by atoms with Crippen LogP contribution in [0.4, 0.5) is 0 Å². The van der Waals surface area contributed by atoms with Crippen LogP contribution in [0.1, 0.15) is 48.3 Å². The van der Waals surface area contributed by atoms with Crippen LogP contribution in [-0.2, 0) is 22.6 Å². The summed E-state index contributed by atoms with van der Waals surface area (Å²) in [5, 5.41) is 0. The summed E-state index contributed by atoms with van der Waals surface area (Å²) in [7, 11) is 0. The average Bonchev–Trinajstić information content (AvgIpc) is 3.14. The lowest BCUT2D eigenvalue weighted by Crippen LogP contribution is -2.43. The van der Waals surface area contributed by atoms with Crippen LogP contribution in [-0.4, -0.2) is 64.7 Å². The van der Waals surface area contributed by atoms with Gasteiger partial charge in [0.2, 0.25) is 5.91 Å². The second kappa shape index (κ2) is 10.9. The van der Waals surface area contributed by atoms with Gasteiger partial charge in [0.25, 0.3) is 0 Å². The molecule has 0 unspecified atom stereocenters. The minimum Gasteiger partial charge on any atom is -0.379 e. The number of carbonyl (C=O) groups excluding carboxylic acids is 1. The van der Waals surface area contributed by atoms with E-state index in [0.717, 1.165) is 51.8 Å². The van der Waals surface area contributed by atoms with E-state index in [1.807, 2.05) is 17.3 Å². The molecule has 6 heteroatoms. The molecular weight excluding hydrogens is 388 g/mol. The van der Waals surface area contributed by atoms with E-state index < -0.39 is 0 Å². The number of aromatic nitrogens is 2.